The van der Waals surface area contributed by atoms with Crippen molar-refractivity contribution in [2.45, 2.75) is 6.92 Å². The second kappa shape index (κ2) is 5.21. The Kier molecular flexibility index (Phi) is 3.05. The second-order valence-electron chi connectivity index (χ2n) is 5.42. The summed E-state index contributed by atoms with van der Waals surface area (Å²) < 4.78 is 1.81. The Morgan fingerprint density at radius 3 is 2.78 bits per heavy atom. The van der Waals surface area contributed by atoms with Gasteiger partial charge in [-0.25, -0.2) is 9.67 Å². The van der Waals surface area contributed by atoms with Crippen molar-refractivity contribution in [3.8, 4) is 16.9 Å². The molecule has 0 aliphatic carbocycles. The van der Waals surface area contributed by atoms with Gasteiger partial charge in [-0.3, -0.25) is 4.79 Å². The molecule has 0 saturated heterocycles. The van der Waals surface area contributed by atoms with Crippen molar-refractivity contribution in [3.63, 3.8) is 0 Å². The van der Waals surface area contributed by atoms with Crippen molar-refractivity contribution in [2.75, 3.05) is 0 Å². The fraction of sp³-hybridized carbons (Fsp3) is 0.0556. The normalized spacial score (nSPS) is 11.0. The molecule has 3 heterocycles. The van der Waals surface area contributed by atoms with Gasteiger partial charge in [0.25, 0.3) is 0 Å². The molecule has 5 nitrogen and oxygen atoms in total. The molecule has 5 heteroatoms. The Balaban J connectivity index is 1.90. The molecule has 0 spiro atoms. The summed E-state index contributed by atoms with van der Waals surface area (Å²) in [7, 11) is 0. The van der Waals surface area contributed by atoms with Gasteiger partial charge >= 0.3 is 0 Å². The summed E-state index contributed by atoms with van der Waals surface area (Å²) in [6.07, 6.45) is 5.34. The number of aromatic nitrogens is 4. The molecule has 0 atom stereocenters. The summed E-state index contributed by atoms with van der Waals surface area (Å²) >= 11 is 0. The minimum atomic E-state index is -0.118. The Morgan fingerprint density at radius 1 is 1.13 bits per heavy atom. The molecule has 0 aliphatic rings. The van der Waals surface area contributed by atoms with Crippen molar-refractivity contribution in [1.82, 2.24) is 19.7 Å². The van der Waals surface area contributed by atoms with Crippen LogP contribution in [-0.4, -0.2) is 19.7 Å². The van der Waals surface area contributed by atoms with Gasteiger partial charge in [-0.05, 0) is 42.8 Å². The molecular formula is C18H14N4O. The number of rotatable bonds is 2. The minimum absolute atomic E-state index is 0.118. The molecule has 0 fully saturated rings. The highest BCUT2D eigenvalue weighted by atomic mass is 16.1. The highest BCUT2D eigenvalue weighted by molar-refractivity contribution is 5.86. The van der Waals surface area contributed by atoms with Gasteiger partial charge in [-0.2, -0.15) is 5.10 Å². The van der Waals surface area contributed by atoms with E-state index < -0.39 is 0 Å². The van der Waals surface area contributed by atoms with Crippen molar-refractivity contribution in [2.24, 2.45) is 0 Å². The van der Waals surface area contributed by atoms with Crippen LogP contribution in [0.25, 0.3) is 27.8 Å². The highest BCUT2D eigenvalue weighted by Crippen LogP contribution is 2.25. The third kappa shape index (κ3) is 2.42. The summed E-state index contributed by atoms with van der Waals surface area (Å²) in [4.78, 5) is 18.7. The number of aryl methyl sites for hydroxylation is 1. The lowest BCUT2D eigenvalue weighted by Gasteiger charge is -2.08. The number of fused-ring (bicyclic) bond motifs is 1. The van der Waals surface area contributed by atoms with Crippen molar-refractivity contribution in [1.29, 1.82) is 0 Å². The predicted molar refractivity (Wildman–Crippen MR) is 89.7 cm³/mol. The number of benzene rings is 1. The van der Waals surface area contributed by atoms with E-state index in [4.69, 9.17) is 4.98 Å². The minimum Gasteiger partial charge on any atom is -0.328 e. The van der Waals surface area contributed by atoms with Crippen LogP contribution >= 0.6 is 0 Å². The number of pyridine rings is 2. The zero-order valence-electron chi connectivity index (χ0n) is 12.5. The lowest BCUT2D eigenvalue weighted by molar-refractivity contribution is 0.881. The summed E-state index contributed by atoms with van der Waals surface area (Å²) in [5.41, 5.74) is 4.62. The SMILES string of the molecule is Cc1cc(-c2ccc(=O)[nH]c2)nc2cc(-n3cccn3)ccc12. The van der Waals surface area contributed by atoms with Crippen LogP contribution in [0.4, 0.5) is 0 Å². The van der Waals surface area contributed by atoms with Crippen LogP contribution in [0, 0.1) is 6.92 Å². The number of H-pyrrole nitrogens is 1. The maximum absolute atomic E-state index is 11.2. The van der Waals surface area contributed by atoms with Gasteiger partial charge in [0.2, 0.25) is 5.56 Å². The Bertz CT molecular complexity index is 1030. The van der Waals surface area contributed by atoms with Crippen molar-refractivity contribution >= 4 is 10.9 Å². The van der Waals surface area contributed by atoms with Gasteiger partial charge in [0.1, 0.15) is 0 Å². The van der Waals surface area contributed by atoms with Crippen molar-refractivity contribution in [3.05, 3.63) is 77.0 Å². The van der Waals surface area contributed by atoms with E-state index in [0.29, 0.717) is 0 Å². The summed E-state index contributed by atoms with van der Waals surface area (Å²) in [6, 6.07) is 13.3. The average Bonchev–Trinajstić information content (AvgIpc) is 3.09. The van der Waals surface area contributed by atoms with Crippen molar-refractivity contribution < 1.29 is 0 Å². The lowest BCUT2D eigenvalue weighted by Crippen LogP contribution is -2.02. The first-order valence-electron chi connectivity index (χ1n) is 7.31. The fourth-order valence-corrected chi connectivity index (χ4v) is 2.67. The largest absolute Gasteiger partial charge is 0.328 e. The summed E-state index contributed by atoms with van der Waals surface area (Å²) in [5.74, 6) is 0. The van der Waals surface area contributed by atoms with Crippen LogP contribution in [0.2, 0.25) is 0 Å². The molecule has 112 valence electrons. The molecule has 1 aromatic carbocycles. The molecule has 4 aromatic rings. The first kappa shape index (κ1) is 13.5. The van der Waals surface area contributed by atoms with Gasteiger partial charge in [-0.1, -0.05) is 6.07 Å². The molecule has 3 aromatic heterocycles. The molecule has 0 saturated carbocycles. The maximum atomic E-state index is 11.2. The van der Waals surface area contributed by atoms with Gasteiger partial charge in [0.05, 0.1) is 16.9 Å². The molecule has 0 aliphatic heterocycles. The van der Waals surface area contributed by atoms with E-state index in [1.165, 1.54) is 6.07 Å². The van der Waals surface area contributed by atoms with E-state index in [0.717, 1.165) is 33.4 Å². The monoisotopic (exact) mass is 302 g/mol. The topological polar surface area (TPSA) is 63.6 Å². The Morgan fingerprint density at radius 2 is 2.04 bits per heavy atom. The van der Waals surface area contributed by atoms with Crippen LogP contribution in [0.15, 0.2) is 65.8 Å². The van der Waals surface area contributed by atoms with Gasteiger partial charge < -0.3 is 4.98 Å². The number of aromatic amines is 1. The smallest absolute Gasteiger partial charge is 0.247 e. The number of nitrogens with one attached hydrogen (secondary N) is 1. The van der Waals surface area contributed by atoms with Crippen LogP contribution < -0.4 is 5.56 Å². The van der Waals surface area contributed by atoms with Crippen LogP contribution in [0.1, 0.15) is 5.56 Å². The van der Waals surface area contributed by atoms with Gasteiger partial charge in [0.15, 0.2) is 0 Å². The van der Waals surface area contributed by atoms with E-state index in [2.05, 4.69) is 23.1 Å². The first-order valence-corrected chi connectivity index (χ1v) is 7.31. The Labute approximate surface area is 132 Å². The molecular weight excluding hydrogens is 288 g/mol. The summed E-state index contributed by atoms with van der Waals surface area (Å²) in [5, 5.41) is 5.36. The van der Waals surface area contributed by atoms with E-state index in [1.807, 2.05) is 35.1 Å². The van der Waals surface area contributed by atoms with E-state index in [-0.39, 0.29) is 5.56 Å². The number of hydrogen-bond acceptors (Lipinski definition) is 3. The average molecular weight is 302 g/mol. The quantitative estimate of drug-likeness (QED) is 0.619. The zero-order valence-corrected chi connectivity index (χ0v) is 12.5. The zero-order chi connectivity index (χ0) is 15.8. The first-order chi connectivity index (χ1) is 11.2. The maximum Gasteiger partial charge on any atom is 0.247 e. The standard InChI is InChI=1S/C18H14N4O/c1-12-9-16(13-3-6-18(23)19-11-13)21-17-10-14(4-5-15(12)17)22-8-2-7-20-22/h2-11H,1H3,(H,19,23). The van der Waals surface area contributed by atoms with Crippen LogP contribution in [0.3, 0.4) is 0 Å². The molecule has 1 N–H and O–H groups in total. The van der Waals surface area contributed by atoms with E-state index >= 15 is 0 Å². The predicted octanol–water partition coefficient (Wildman–Crippen LogP) is 3.08. The van der Waals surface area contributed by atoms with Gasteiger partial charge in [0, 0.05) is 35.6 Å². The van der Waals surface area contributed by atoms with Crippen LogP contribution in [0.5, 0.6) is 0 Å². The van der Waals surface area contributed by atoms with Crippen LogP contribution in [-0.2, 0) is 0 Å². The van der Waals surface area contributed by atoms with E-state index in [1.54, 1.807) is 18.5 Å². The third-order valence-electron chi connectivity index (χ3n) is 3.85. The lowest BCUT2D eigenvalue weighted by atomic mass is 10.1. The molecule has 0 unspecified atom stereocenters. The number of nitrogens with zero attached hydrogens (tertiary/aromatic N) is 3. The number of hydrogen-bond donors (Lipinski definition) is 1. The molecule has 0 radical (unpaired) electrons. The summed E-state index contributed by atoms with van der Waals surface area (Å²) in [6.45, 7) is 2.06. The second-order valence-corrected chi connectivity index (χ2v) is 5.42. The third-order valence-corrected chi connectivity index (χ3v) is 3.85. The molecule has 0 bridgehead atoms. The Hall–Kier alpha value is -3.21. The molecule has 4 rings (SSSR count). The highest BCUT2D eigenvalue weighted by Gasteiger charge is 2.07. The van der Waals surface area contributed by atoms with E-state index in [9.17, 15) is 4.79 Å². The van der Waals surface area contributed by atoms with Gasteiger partial charge in [-0.15, -0.1) is 0 Å². The molecule has 0 amide bonds. The fourth-order valence-electron chi connectivity index (χ4n) is 2.67. The molecule has 23 heavy (non-hydrogen) atoms.